The third-order valence-electron chi connectivity index (χ3n) is 5.64. The fraction of sp³-hybridized carbons (Fsp3) is 0.739. The molecule has 0 bridgehead atoms. The summed E-state index contributed by atoms with van der Waals surface area (Å²) >= 11 is 0. The average Bonchev–Trinajstić information content (AvgIpc) is 2.80. The summed E-state index contributed by atoms with van der Waals surface area (Å²) in [4.78, 5) is 69.7. The van der Waals surface area contributed by atoms with Crippen molar-refractivity contribution < 1.29 is 44.1 Å². The lowest BCUT2D eigenvalue weighted by molar-refractivity contribution is -0.145. The lowest BCUT2D eigenvalue weighted by atomic mass is 9.95. The Balaban J connectivity index is 4.36. The number of amides is 2. The van der Waals surface area contributed by atoms with E-state index >= 15 is 0 Å². The Hall–Kier alpha value is -2.82. The van der Waals surface area contributed by atoms with E-state index in [1.54, 1.807) is 6.92 Å². The first kappa shape index (κ1) is 31.2. The van der Waals surface area contributed by atoms with Gasteiger partial charge in [0, 0.05) is 38.1 Å². The summed E-state index contributed by atoms with van der Waals surface area (Å²) in [7, 11) is 0. The molecule has 194 valence electrons. The Morgan fingerprint density at radius 1 is 0.794 bits per heavy atom. The highest BCUT2D eigenvalue weighted by atomic mass is 16.4. The summed E-state index contributed by atoms with van der Waals surface area (Å²) in [5.41, 5.74) is 0. The molecule has 0 rings (SSSR count). The minimum Gasteiger partial charge on any atom is -0.481 e. The molecule has 0 radical (unpaired) electrons. The summed E-state index contributed by atoms with van der Waals surface area (Å²) < 4.78 is 0. The van der Waals surface area contributed by atoms with Gasteiger partial charge < -0.3 is 26.0 Å². The van der Waals surface area contributed by atoms with Gasteiger partial charge in [0.1, 0.15) is 18.4 Å². The molecule has 34 heavy (non-hydrogen) atoms. The monoisotopic (exact) mass is 486 g/mol. The number of carbonyl (C=O) groups excluding carboxylic acids is 4. The van der Waals surface area contributed by atoms with Crippen molar-refractivity contribution in [3.05, 3.63) is 0 Å². The number of aliphatic carboxylic acids is 2. The van der Waals surface area contributed by atoms with Crippen LogP contribution in [0.3, 0.4) is 0 Å². The quantitative estimate of drug-likeness (QED) is 0.157. The van der Waals surface area contributed by atoms with Gasteiger partial charge in [-0.1, -0.05) is 20.3 Å². The van der Waals surface area contributed by atoms with Crippen LogP contribution in [0.5, 0.6) is 0 Å². The molecule has 0 aliphatic carbocycles. The average molecular weight is 487 g/mol. The second-order valence-corrected chi connectivity index (χ2v) is 8.24. The van der Waals surface area contributed by atoms with Crippen molar-refractivity contribution in [1.82, 2.24) is 10.6 Å². The van der Waals surface area contributed by atoms with Crippen LogP contribution in [-0.2, 0) is 28.8 Å². The molecule has 0 saturated carbocycles. The van der Waals surface area contributed by atoms with Gasteiger partial charge in [-0.05, 0) is 32.1 Å². The van der Waals surface area contributed by atoms with Crippen LogP contribution in [0.25, 0.3) is 0 Å². The molecule has 0 aliphatic heterocycles. The third-order valence-corrected chi connectivity index (χ3v) is 5.64. The Morgan fingerprint density at radius 3 is 1.97 bits per heavy atom. The van der Waals surface area contributed by atoms with Crippen molar-refractivity contribution in [1.29, 1.82) is 0 Å². The first-order valence-electron chi connectivity index (χ1n) is 11.7. The van der Waals surface area contributed by atoms with Gasteiger partial charge in [0.25, 0.3) is 0 Å². The van der Waals surface area contributed by atoms with Crippen LogP contribution in [0.15, 0.2) is 0 Å². The topological polar surface area (TPSA) is 187 Å². The van der Waals surface area contributed by atoms with Crippen LogP contribution >= 0.6 is 0 Å². The highest BCUT2D eigenvalue weighted by molar-refractivity contribution is 5.86. The lowest BCUT2D eigenvalue weighted by Gasteiger charge is -2.16. The van der Waals surface area contributed by atoms with E-state index in [1.807, 2.05) is 6.92 Å². The largest absolute Gasteiger partial charge is 0.481 e. The fourth-order valence-electron chi connectivity index (χ4n) is 3.39. The van der Waals surface area contributed by atoms with Gasteiger partial charge in [0.15, 0.2) is 5.78 Å². The van der Waals surface area contributed by atoms with Gasteiger partial charge >= 0.3 is 11.9 Å². The minimum atomic E-state index is -1.31. The van der Waals surface area contributed by atoms with Crippen molar-refractivity contribution in [3.8, 4) is 0 Å². The molecular formula is C23H38N2O9. The fourth-order valence-corrected chi connectivity index (χ4v) is 3.39. The molecule has 0 fully saturated rings. The number of carboxylic acids is 2. The van der Waals surface area contributed by atoms with Gasteiger partial charge in [0.2, 0.25) is 11.8 Å². The second kappa shape index (κ2) is 17.6. The standard InChI is InChI=1S/C23H38N2O9/c1-3-15(19(28)14-26)7-5-6-12-24-20(29)11-9-18(23(33)34)25-21(30)10-8-16(22(31)32)13-17(27)4-2/h15-16,18,26H,3-14H2,1-2H3,(H,24,29)(H,25,30)(H,31,32)(H,33,34)/t15-,16+,18-/m0/s1. The zero-order valence-corrected chi connectivity index (χ0v) is 20.0. The minimum absolute atomic E-state index is 0.0947. The predicted octanol–water partition coefficient (Wildman–Crippen LogP) is 1.06. The molecular weight excluding hydrogens is 448 g/mol. The molecule has 5 N–H and O–H groups in total. The predicted molar refractivity (Wildman–Crippen MR) is 122 cm³/mol. The molecule has 2 amide bonds. The number of carboxylic acid groups (broad SMARTS) is 2. The van der Waals surface area contributed by atoms with E-state index in [0.717, 1.165) is 0 Å². The van der Waals surface area contributed by atoms with Crippen LogP contribution < -0.4 is 10.6 Å². The number of carbonyl (C=O) groups is 6. The van der Waals surface area contributed by atoms with Crippen LogP contribution in [0.2, 0.25) is 0 Å². The number of Topliss-reactive ketones (excluding diaryl/α,β-unsaturated/α-hetero) is 2. The summed E-state index contributed by atoms with van der Waals surface area (Å²) in [6.07, 6.45) is 2.00. The van der Waals surface area contributed by atoms with E-state index < -0.39 is 36.4 Å². The zero-order valence-electron chi connectivity index (χ0n) is 20.0. The molecule has 3 atom stereocenters. The third kappa shape index (κ3) is 13.7. The second-order valence-electron chi connectivity index (χ2n) is 8.24. The SMILES string of the molecule is CCC(=O)C[C@@H](CCC(=O)N[C@@H](CCC(=O)NCCCC[C@H](CC)C(=O)CO)C(=O)O)C(=O)O. The summed E-state index contributed by atoms with van der Waals surface area (Å²) in [6, 6.07) is -1.30. The first-order valence-corrected chi connectivity index (χ1v) is 11.7. The Morgan fingerprint density at radius 2 is 1.44 bits per heavy atom. The van der Waals surface area contributed by atoms with E-state index in [9.17, 15) is 39.0 Å². The molecule has 0 aromatic carbocycles. The van der Waals surface area contributed by atoms with Crippen molar-refractivity contribution in [3.63, 3.8) is 0 Å². The molecule has 0 unspecified atom stereocenters. The molecule has 11 heteroatoms. The highest BCUT2D eigenvalue weighted by Gasteiger charge is 2.24. The number of aliphatic hydroxyl groups is 1. The van der Waals surface area contributed by atoms with Gasteiger partial charge in [-0.3, -0.25) is 24.0 Å². The van der Waals surface area contributed by atoms with E-state index in [1.165, 1.54) is 0 Å². The Bertz CT molecular complexity index is 709. The number of hydrogen-bond donors (Lipinski definition) is 5. The first-order chi connectivity index (χ1) is 16.0. The maximum absolute atomic E-state index is 12.1. The number of rotatable bonds is 20. The lowest BCUT2D eigenvalue weighted by Crippen LogP contribution is -2.41. The summed E-state index contributed by atoms with van der Waals surface area (Å²) in [5.74, 6) is -5.16. The number of hydrogen-bond acceptors (Lipinski definition) is 7. The van der Waals surface area contributed by atoms with Crippen LogP contribution in [0.1, 0.15) is 78.1 Å². The molecule has 0 aliphatic rings. The molecule has 0 spiro atoms. The van der Waals surface area contributed by atoms with Gasteiger partial charge in [0.05, 0.1) is 5.92 Å². The van der Waals surface area contributed by atoms with Crippen molar-refractivity contribution in [2.45, 2.75) is 84.1 Å². The summed E-state index contributed by atoms with van der Waals surface area (Å²) in [6.45, 7) is 3.37. The van der Waals surface area contributed by atoms with Crippen molar-refractivity contribution >= 4 is 35.3 Å². The number of aliphatic hydroxyl groups excluding tert-OH is 1. The van der Waals surface area contributed by atoms with Gasteiger partial charge in [-0.15, -0.1) is 0 Å². The van der Waals surface area contributed by atoms with Crippen LogP contribution in [0.4, 0.5) is 0 Å². The summed E-state index contributed by atoms with van der Waals surface area (Å²) in [5, 5.41) is 32.4. The van der Waals surface area contributed by atoms with Crippen molar-refractivity contribution in [2.24, 2.45) is 11.8 Å². The maximum Gasteiger partial charge on any atom is 0.326 e. The van der Waals surface area contributed by atoms with Gasteiger partial charge in [-0.25, -0.2) is 4.79 Å². The van der Waals surface area contributed by atoms with E-state index in [0.29, 0.717) is 32.2 Å². The highest BCUT2D eigenvalue weighted by Crippen LogP contribution is 2.14. The number of nitrogens with one attached hydrogen (secondary N) is 2. The van der Waals surface area contributed by atoms with E-state index in [2.05, 4.69) is 10.6 Å². The van der Waals surface area contributed by atoms with Crippen LogP contribution in [-0.4, -0.2) is 69.8 Å². The normalized spacial score (nSPS) is 13.4. The molecule has 0 aromatic heterocycles. The van der Waals surface area contributed by atoms with Gasteiger partial charge in [-0.2, -0.15) is 0 Å². The molecule has 0 heterocycles. The maximum atomic E-state index is 12.1. The number of ketones is 2. The molecule has 11 nitrogen and oxygen atoms in total. The van der Waals surface area contributed by atoms with Crippen LogP contribution in [0, 0.1) is 11.8 Å². The Kier molecular flexibility index (Phi) is 16.2. The van der Waals surface area contributed by atoms with E-state index in [-0.39, 0.29) is 61.9 Å². The van der Waals surface area contributed by atoms with E-state index in [4.69, 9.17) is 5.11 Å². The smallest absolute Gasteiger partial charge is 0.326 e. The Labute approximate surface area is 199 Å². The molecule has 0 saturated heterocycles. The van der Waals surface area contributed by atoms with Crippen molar-refractivity contribution in [2.75, 3.05) is 13.2 Å². The zero-order chi connectivity index (χ0) is 26.1. The molecule has 0 aromatic rings. The number of unbranched alkanes of at least 4 members (excludes halogenated alkanes) is 1.